The number of carbonyl (C=O) groups excluding carboxylic acids is 2. The Kier molecular flexibility index (Phi) is 6.96. The van der Waals surface area contributed by atoms with Gasteiger partial charge < -0.3 is 0 Å². The van der Waals surface area contributed by atoms with Gasteiger partial charge in [-0.05, 0) is 57.7 Å². The molecule has 0 heterocycles. The monoisotopic (exact) mass is 352 g/mol. The van der Waals surface area contributed by atoms with Gasteiger partial charge in [0.2, 0.25) is 5.91 Å². The summed E-state index contributed by atoms with van der Waals surface area (Å²) in [7, 11) is 0. The Morgan fingerprint density at radius 1 is 0.885 bits per heavy atom. The van der Waals surface area contributed by atoms with E-state index in [1.807, 2.05) is 57.2 Å². The highest BCUT2D eigenvalue weighted by Crippen LogP contribution is 2.15. The van der Waals surface area contributed by atoms with Crippen molar-refractivity contribution in [3.63, 3.8) is 0 Å². The van der Waals surface area contributed by atoms with Gasteiger partial charge in [0.15, 0.2) is 0 Å². The van der Waals surface area contributed by atoms with Crippen molar-refractivity contribution in [2.24, 2.45) is 0 Å². The van der Waals surface area contributed by atoms with E-state index in [0.29, 0.717) is 12.0 Å². The molecule has 2 aromatic rings. The number of amides is 2. The van der Waals surface area contributed by atoms with E-state index in [0.717, 1.165) is 19.3 Å². The van der Waals surface area contributed by atoms with Gasteiger partial charge in [-0.2, -0.15) is 0 Å². The van der Waals surface area contributed by atoms with Crippen molar-refractivity contribution < 1.29 is 9.59 Å². The maximum atomic E-state index is 12.8. The molecule has 0 radical (unpaired) electrons. The van der Waals surface area contributed by atoms with Gasteiger partial charge in [-0.25, -0.2) is 5.01 Å². The van der Waals surface area contributed by atoms with E-state index in [9.17, 15) is 9.59 Å². The molecule has 2 amide bonds. The smallest absolute Gasteiger partial charge is 0.272 e. The molecule has 1 N–H and O–H groups in total. The molecular formula is C22H28N2O2. The van der Waals surface area contributed by atoms with E-state index in [-0.39, 0.29) is 11.8 Å². The summed E-state index contributed by atoms with van der Waals surface area (Å²) >= 11 is 0. The molecule has 2 rings (SSSR count). The molecule has 2 aromatic carbocycles. The zero-order valence-electron chi connectivity index (χ0n) is 15.9. The van der Waals surface area contributed by atoms with E-state index in [2.05, 4.69) is 17.6 Å². The number of aryl methyl sites for hydroxylation is 1. The number of nitrogens with one attached hydrogen (secondary N) is 1. The Morgan fingerprint density at radius 2 is 1.46 bits per heavy atom. The van der Waals surface area contributed by atoms with Crippen LogP contribution >= 0.6 is 0 Å². The summed E-state index contributed by atoms with van der Waals surface area (Å²) in [6.07, 6.45) is 3.10. The molecule has 138 valence electrons. The molecular weight excluding hydrogens is 324 g/mol. The van der Waals surface area contributed by atoms with Crippen LogP contribution in [0.1, 0.15) is 56.0 Å². The molecule has 0 saturated heterocycles. The minimum Gasteiger partial charge on any atom is -0.273 e. The van der Waals surface area contributed by atoms with Crippen molar-refractivity contribution in [1.82, 2.24) is 10.4 Å². The average molecular weight is 352 g/mol. The van der Waals surface area contributed by atoms with Crippen LogP contribution in [0.15, 0.2) is 60.7 Å². The Labute approximate surface area is 156 Å². The second kappa shape index (κ2) is 9.18. The van der Waals surface area contributed by atoms with Gasteiger partial charge in [-0.1, -0.05) is 48.5 Å². The summed E-state index contributed by atoms with van der Waals surface area (Å²) in [4.78, 5) is 25.1. The van der Waals surface area contributed by atoms with Gasteiger partial charge in [0.1, 0.15) is 0 Å². The van der Waals surface area contributed by atoms with Gasteiger partial charge in [0.05, 0.1) is 5.54 Å². The average Bonchev–Trinajstić information content (AvgIpc) is 2.63. The van der Waals surface area contributed by atoms with E-state index >= 15 is 0 Å². The van der Waals surface area contributed by atoms with Crippen molar-refractivity contribution in [3.05, 3.63) is 71.8 Å². The second-order valence-electron chi connectivity index (χ2n) is 7.41. The Hall–Kier alpha value is -2.62. The highest BCUT2D eigenvalue weighted by Gasteiger charge is 2.28. The molecule has 0 aliphatic heterocycles. The molecule has 0 bridgehead atoms. The summed E-state index contributed by atoms with van der Waals surface area (Å²) in [5.41, 5.74) is 4.13. The van der Waals surface area contributed by atoms with Crippen molar-refractivity contribution in [2.75, 3.05) is 0 Å². The first kappa shape index (κ1) is 19.7. The molecule has 0 unspecified atom stereocenters. The highest BCUT2D eigenvalue weighted by molar-refractivity contribution is 5.95. The van der Waals surface area contributed by atoms with E-state index in [4.69, 9.17) is 0 Å². The largest absolute Gasteiger partial charge is 0.273 e. The number of benzene rings is 2. The van der Waals surface area contributed by atoms with Gasteiger partial charge in [0, 0.05) is 12.0 Å². The Morgan fingerprint density at radius 3 is 2.04 bits per heavy atom. The lowest BCUT2D eigenvalue weighted by molar-refractivity contribution is -0.127. The standard InChI is InChI=1S/C22H28N2O2/c1-22(2,3)24(21(26)19-15-8-5-9-16-19)23-20(25)17-11-10-14-18-12-6-4-7-13-18/h4-9,12-13,15-16H,10-11,14,17H2,1-3H3,(H,23,25). The van der Waals surface area contributed by atoms with Crippen LogP contribution in [-0.4, -0.2) is 22.4 Å². The molecule has 0 aliphatic rings. The fourth-order valence-corrected chi connectivity index (χ4v) is 2.67. The van der Waals surface area contributed by atoms with Crippen molar-refractivity contribution in [3.8, 4) is 0 Å². The summed E-state index contributed by atoms with van der Waals surface area (Å²) < 4.78 is 0. The predicted molar refractivity (Wildman–Crippen MR) is 105 cm³/mol. The first-order valence-corrected chi connectivity index (χ1v) is 9.11. The van der Waals surface area contributed by atoms with E-state index in [1.165, 1.54) is 10.6 Å². The van der Waals surface area contributed by atoms with Gasteiger partial charge in [0.25, 0.3) is 5.91 Å². The molecule has 0 atom stereocenters. The second-order valence-corrected chi connectivity index (χ2v) is 7.41. The molecule has 4 nitrogen and oxygen atoms in total. The summed E-state index contributed by atoms with van der Waals surface area (Å²) in [6, 6.07) is 19.3. The van der Waals surface area contributed by atoms with Gasteiger partial charge in [-0.15, -0.1) is 0 Å². The maximum Gasteiger partial charge on any atom is 0.272 e. The number of hydrogen-bond acceptors (Lipinski definition) is 2. The molecule has 26 heavy (non-hydrogen) atoms. The van der Waals surface area contributed by atoms with Crippen LogP contribution in [0.5, 0.6) is 0 Å². The molecule has 0 aromatic heterocycles. The third kappa shape index (κ3) is 6.03. The zero-order chi connectivity index (χ0) is 19.0. The number of hydrogen-bond donors (Lipinski definition) is 1. The van der Waals surface area contributed by atoms with E-state index < -0.39 is 5.54 Å². The molecule has 0 aliphatic carbocycles. The number of nitrogens with zero attached hydrogens (tertiary/aromatic N) is 1. The molecule has 0 saturated carbocycles. The van der Waals surface area contributed by atoms with Gasteiger partial charge in [-0.3, -0.25) is 15.0 Å². The number of hydrazine groups is 1. The third-order valence-electron chi connectivity index (χ3n) is 4.09. The van der Waals surface area contributed by atoms with Crippen molar-refractivity contribution >= 4 is 11.8 Å². The molecule has 0 spiro atoms. The van der Waals surface area contributed by atoms with E-state index in [1.54, 1.807) is 12.1 Å². The van der Waals surface area contributed by atoms with Gasteiger partial charge >= 0.3 is 0 Å². The number of rotatable bonds is 6. The van der Waals surface area contributed by atoms with Crippen LogP contribution in [0.25, 0.3) is 0 Å². The molecule has 4 heteroatoms. The van der Waals surface area contributed by atoms with Crippen LogP contribution in [0.4, 0.5) is 0 Å². The van der Waals surface area contributed by atoms with Crippen LogP contribution in [-0.2, 0) is 11.2 Å². The summed E-state index contributed by atoms with van der Waals surface area (Å²) in [5, 5.41) is 1.43. The molecule has 0 fully saturated rings. The fourth-order valence-electron chi connectivity index (χ4n) is 2.67. The van der Waals surface area contributed by atoms with Crippen molar-refractivity contribution in [1.29, 1.82) is 0 Å². The minimum absolute atomic E-state index is 0.128. The van der Waals surface area contributed by atoms with Crippen molar-refractivity contribution in [2.45, 2.75) is 52.0 Å². The minimum atomic E-state index is -0.507. The van der Waals surface area contributed by atoms with Crippen LogP contribution in [0, 0.1) is 0 Å². The normalized spacial score (nSPS) is 11.0. The van der Waals surface area contributed by atoms with Crippen LogP contribution in [0.3, 0.4) is 0 Å². The lowest BCUT2D eigenvalue weighted by atomic mass is 10.1. The predicted octanol–water partition coefficient (Wildman–Crippen LogP) is 4.37. The number of carbonyl (C=O) groups is 2. The summed E-state index contributed by atoms with van der Waals surface area (Å²) in [5.74, 6) is -0.326. The Bertz CT molecular complexity index is 706. The van der Waals surface area contributed by atoms with Crippen LogP contribution in [0.2, 0.25) is 0 Å². The topological polar surface area (TPSA) is 49.4 Å². The van der Waals surface area contributed by atoms with Crippen LogP contribution < -0.4 is 5.43 Å². The Balaban J connectivity index is 1.87. The maximum absolute atomic E-state index is 12.8. The third-order valence-corrected chi connectivity index (χ3v) is 4.09. The quantitative estimate of drug-likeness (QED) is 0.620. The summed E-state index contributed by atoms with van der Waals surface area (Å²) in [6.45, 7) is 5.72. The number of unbranched alkanes of at least 4 members (excludes halogenated alkanes) is 1. The fraction of sp³-hybridized carbons (Fsp3) is 0.364. The SMILES string of the molecule is CC(C)(C)N(NC(=O)CCCCc1ccccc1)C(=O)c1ccccc1. The first-order valence-electron chi connectivity index (χ1n) is 9.11. The lowest BCUT2D eigenvalue weighted by Crippen LogP contribution is -2.55. The highest BCUT2D eigenvalue weighted by atomic mass is 16.2. The lowest BCUT2D eigenvalue weighted by Gasteiger charge is -2.35. The first-order chi connectivity index (χ1) is 12.4. The zero-order valence-corrected chi connectivity index (χ0v) is 15.9.